The molecule has 4 aliphatic carbocycles. The first-order chi connectivity index (χ1) is 11.7. The second kappa shape index (κ2) is 6.18. The van der Waals surface area contributed by atoms with Gasteiger partial charge in [0.15, 0.2) is 0 Å². The largest absolute Gasteiger partial charge is 0.389 e. The molecule has 0 amide bonds. The molecule has 2 unspecified atom stereocenters. The van der Waals surface area contributed by atoms with Crippen molar-refractivity contribution >= 4 is 28.4 Å². The van der Waals surface area contributed by atoms with Crippen LogP contribution < -0.4 is 0 Å². The molecule has 0 aromatic rings. The van der Waals surface area contributed by atoms with Crippen molar-refractivity contribution in [3.8, 4) is 0 Å². The molecular weight excluding hydrogens is 423 g/mol. The van der Waals surface area contributed by atoms with Crippen LogP contribution in [0.1, 0.15) is 78.6 Å². The van der Waals surface area contributed by atoms with Crippen LogP contribution in [0.25, 0.3) is 0 Å². The number of carbonyl (C=O) groups excluding carboxylic acids is 1. The van der Waals surface area contributed by atoms with Gasteiger partial charge >= 0.3 is 0 Å². The lowest BCUT2D eigenvalue weighted by Crippen LogP contribution is -2.56. The second-order valence-electron chi connectivity index (χ2n) is 10.5. The zero-order valence-electron chi connectivity index (χ0n) is 16.2. The first-order valence-corrected chi connectivity index (χ1v) is 12.0. The third-order valence-electron chi connectivity index (χ3n) is 9.56. The van der Waals surface area contributed by atoms with E-state index in [4.69, 9.17) is 0 Å². The van der Waals surface area contributed by atoms with Gasteiger partial charge in [0.25, 0.3) is 0 Å². The maximum Gasteiger partial charge on any atom is 0.133 e. The predicted octanol–water partition coefficient (Wildman–Crippen LogP) is 5.40. The minimum Gasteiger partial charge on any atom is -0.389 e. The van der Waals surface area contributed by atoms with E-state index >= 15 is 0 Å². The molecule has 0 bridgehead atoms. The molecule has 4 fully saturated rings. The van der Waals surface area contributed by atoms with Crippen molar-refractivity contribution in [3.05, 3.63) is 0 Å². The summed E-state index contributed by atoms with van der Waals surface area (Å²) in [5.41, 5.74) is 0.290. The lowest BCUT2D eigenvalue weighted by molar-refractivity contribution is -0.148. The Labute approximate surface area is 167 Å². The summed E-state index contributed by atoms with van der Waals surface area (Å²) in [7, 11) is 0. The molecule has 2 nitrogen and oxygen atoms in total. The number of hydrogen-bond donors (Lipinski definition) is 1. The van der Waals surface area contributed by atoms with Crippen LogP contribution in [-0.2, 0) is 4.79 Å². The standard InChI is InChI=1S/C22H35IO2/c1-14(24)17-6-7-18-16-5-4-15-12-22(25,13-23)11-10-20(15,2)19(16)8-9-21(17,18)3/h15-19,25H,4-13H2,1-3H3/t15?,16-,17+,18-,19-,20-,21+,22?/m0/s1. The molecule has 4 rings (SSSR count). The van der Waals surface area contributed by atoms with E-state index in [-0.39, 0.29) is 5.41 Å². The van der Waals surface area contributed by atoms with E-state index in [0.717, 1.165) is 41.4 Å². The molecule has 8 atom stereocenters. The average Bonchev–Trinajstić information content (AvgIpc) is 2.93. The number of halogens is 1. The van der Waals surface area contributed by atoms with Crippen LogP contribution in [0.4, 0.5) is 0 Å². The summed E-state index contributed by atoms with van der Waals surface area (Å²) in [4.78, 5) is 12.2. The van der Waals surface area contributed by atoms with E-state index in [1.807, 2.05) is 6.92 Å². The van der Waals surface area contributed by atoms with Gasteiger partial charge in [0.1, 0.15) is 5.78 Å². The SMILES string of the molecule is CC(=O)[C@H]1CC[C@H]2[C@@H]3CCC4CC(O)(CI)CC[C@]4(C)[C@H]3CC[C@]12C. The summed E-state index contributed by atoms with van der Waals surface area (Å²) >= 11 is 2.38. The van der Waals surface area contributed by atoms with Gasteiger partial charge in [0.2, 0.25) is 0 Å². The van der Waals surface area contributed by atoms with Gasteiger partial charge in [0, 0.05) is 10.3 Å². The van der Waals surface area contributed by atoms with Gasteiger partial charge in [-0.2, -0.15) is 0 Å². The summed E-state index contributed by atoms with van der Waals surface area (Å²) in [6, 6.07) is 0. The highest BCUT2D eigenvalue weighted by molar-refractivity contribution is 14.1. The maximum atomic E-state index is 12.2. The Balaban J connectivity index is 1.59. The fourth-order valence-corrected chi connectivity index (χ4v) is 8.80. The van der Waals surface area contributed by atoms with Gasteiger partial charge in [-0.1, -0.05) is 36.4 Å². The van der Waals surface area contributed by atoms with Crippen LogP contribution in [0.15, 0.2) is 0 Å². The van der Waals surface area contributed by atoms with Crippen LogP contribution in [0.3, 0.4) is 0 Å². The smallest absolute Gasteiger partial charge is 0.133 e. The van der Waals surface area contributed by atoms with Crippen molar-refractivity contribution in [1.82, 2.24) is 0 Å². The average molecular weight is 458 g/mol. The molecule has 0 aromatic heterocycles. The fraction of sp³-hybridized carbons (Fsp3) is 0.955. The second-order valence-corrected chi connectivity index (χ2v) is 11.3. The Morgan fingerprint density at radius 3 is 2.40 bits per heavy atom. The van der Waals surface area contributed by atoms with E-state index in [2.05, 4.69) is 36.4 Å². The summed E-state index contributed by atoms with van der Waals surface area (Å²) in [6.45, 7) is 6.83. The molecule has 4 aliphatic rings. The monoisotopic (exact) mass is 458 g/mol. The molecule has 25 heavy (non-hydrogen) atoms. The molecule has 0 heterocycles. The zero-order chi connectivity index (χ0) is 18.0. The van der Waals surface area contributed by atoms with Crippen molar-refractivity contribution in [3.63, 3.8) is 0 Å². The first-order valence-electron chi connectivity index (χ1n) is 10.5. The van der Waals surface area contributed by atoms with Crippen molar-refractivity contribution in [2.24, 2.45) is 40.4 Å². The highest BCUT2D eigenvalue weighted by atomic mass is 127. The molecule has 4 saturated carbocycles. The van der Waals surface area contributed by atoms with Crippen molar-refractivity contribution in [1.29, 1.82) is 0 Å². The van der Waals surface area contributed by atoms with E-state index in [1.54, 1.807) is 0 Å². The molecule has 0 aromatic carbocycles. The molecule has 0 saturated heterocycles. The third kappa shape index (κ3) is 2.68. The van der Waals surface area contributed by atoms with Crippen molar-refractivity contribution in [2.75, 3.05) is 4.43 Å². The fourth-order valence-electron chi connectivity index (χ4n) is 8.11. The summed E-state index contributed by atoms with van der Waals surface area (Å²) in [6.07, 6.45) is 10.8. The molecule has 3 heteroatoms. The topological polar surface area (TPSA) is 37.3 Å². The number of aliphatic hydroxyl groups is 1. The number of alkyl halides is 1. The normalized spacial score (nSPS) is 55.2. The van der Waals surface area contributed by atoms with Crippen LogP contribution in [0.5, 0.6) is 0 Å². The predicted molar refractivity (Wildman–Crippen MR) is 110 cm³/mol. The molecule has 1 N–H and O–H groups in total. The Bertz CT molecular complexity index is 562. The third-order valence-corrected chi connectivity index (χ3v) is 11.0. The highest BCUT2D eigenvalue weighted by Crippen LogP contribution is 2.68. The number of ketones is 1. The number of rotatable bonds is 2. The quantitative estimate of drug-likeness (QED) is 0.445. The number of carbonyl (C=O) groups is 1. The van der Waals surface area contributed by atoms with E-state index in [0.29, 0.717) is 23.0 Å². The van der Waals surface area contributed by atoms with E-state index < -0.39 is 5.60 Å². The van der Waals surface area contributed by atoms with Crippen molar-refractivity contribution in [2.45, 2.75) is 84.2 Å². The Kier molecular flexibility index (Phi) is 4.63. The lowest BCUT2D eigenvalue weighted by atomic mass is 9.44. The lowest BCUT2D eigenvalue weighted by Gasteiger charge is -2.62. The molecule has 142 valence electrons. The summed E-state index contributed by atoms with van der Waals surface area (Å²) in [5.74, 6) is 3.89. The number of hydrogen-bond acceptors (Lipinski definition) is 2. The summed E-state index contributed by atoms with van der Waals surface area (Å²) < 4.78 is 0.881. The summed E-state index contributed by atoms with van der Waals surface area (Å²) in [5, 5.41) is 10.9. The van der Waals surface area contributed by atoms with Crippen LogP contribution in [-0.4, -0.2) is 20.9 Å². The van der Waals surface area contributed by atoms with Gasteiger partial charge in [0.05, 0.1) is 5.60 Å². The molecule has 0 radical (unpaired) electrons. The Hall–Kier alpha value is 0.360. The number of Topliss-reactive ketones (excluding diaryl/α,β-unsaturated/α-hetero) is 1. The molecular formula is C22H35IO2. The number of fused-ring (bicyclic) bond motifs is 5. The minimum atomic E-state index is -0.409. The molecule has 0 aliphatic heterocycles. The van der Waals surface area contributed by atoms with E-state index in [1.165, 1.54) is 38.5 Å². The van der Waals surface area contributed by atoms with Gasteiger partial charge in [-0.3, -0.25) is 4.79 Å². The van der Waals surface area contributed by atoms with Crippen molar-refractivity contribution < 1.29 is 9.90 Å². The van der Waals surface area contributed by atoms with Crippen LogP contribution in [0, 0.1) is 40.4 Å². The van der Waals surface area contributed by atoms with Gasteiger partial charge in [-0.25, -0.2) is 0 Å². The van der Waals surface area contributed by atoms with Crippen LogP contribution >= 0.6 is 22.6 Å². The Morgan fingerprint density at radius 2 is 1.72 bits per heavy atom. The molecule has 0 spiro atoms. The van der Waals surface area contributed by atoms with Crippen LogP contribution in [0.2, 0.25) is 0 Å². The zero-order valence-corrected chi connectivity index (χ0v) is 18.3. The minimum absolute atomic E-state index is 0.272. The first kappa shape index (κ1) is 18.7. The van der Waals surface area contributed by atoms with Gasteiger partial charge in [-0.15, -0.1) is 0 Å². The Morgan fingerprint density at radius 1 is 1.00 bits per heavy atom. The van der Waals surface area contributed by atoms with E-state index in [9.17, 15) is 9.90 Å². The maximum absolute atomic E-state index is 12.2. The highest BCUT2D eigenvalue weighted by Gasteiger charge is 2.61. The van der Waals surface area contributed by atoms with Gasteiger partial charge < -0.3 is 5.11 Å². The van der Waals surface area contributed by atoms with Gasteiger partial charge in [-0.05, 0) is 99.2 Å².